The number of ketones is 1. The third-order valence-electron chi connectivity index (χ3n) is 6.61. The van der Waals surface area contributed by atoms with Gasteiger partial charge in [0.05, 0.1) is 18.4 Å². The number of nitrogens with zero attached hydrogens (tertiary/aromatic N) is 6. The van der Waals surface area contributed by atoms with Crippen molar-refractivity contribution in [2.75, 3.05) is 51.7 Å². The first-order valence-electron chi connectivity index (χ1n) is 11.4. The number of carbonyl (C=O) groups is 1. The Morgan fingerprint density at radius 2 is 1.78 bits per heavy atom. The standard InChI is InChI=1S/C23H32ClN7O/c1-29(2)20-9-5-18(6-10-20)22(32)16-26-31-13-11-30(12-14-31)23-27-21(15-25-28-23)17-3-7-19(24)8-4-17/h3-4,7-8,15,18,20,26H,5-6,9-14,16H2,1-2H3. The molecule has 2 aromatic rings. The second-order valence-electron chi connectivity index (χ2n) is 8.89. The van der Waals surface area contributed by atoms with E-state index < -0.39 is 0 Å². The van der Waals surface area contributed by atoms with Crippen LogP contribution in [0.1, 0.15) is 25.7 Å². The molecule has 2 heterocycles. The Kier molecular flexibility index (Phi) is 7.67. The van der Waals surface area contributed by atoms with Crippen molar-refractivity contribution >= 4 is 23.3 Å². The smallest absolute Gasteiger partial charge is 0.245 e. The second kappa shape index (κ2) is 10.7. The van der Waals surface area contributed by atoms with Crippen LogP contribution < -0.4 is 10.3 Å². The number of Topliss-reactive ketones (excluding diaryl/α,β-unsaturated/α-hetero) is 1. The van der Waals surface area contributed by atoms with E-state index in [4.69, 9.17) is 11.6 Å². The van der Waals surface area contributed by atoms with Gasteiger partial charge in [-0.3, -0.25) is 4.79 Å². The maximum atomic E-state index is 12.6. The number of hydrogen-bond acceptors (Lipinski definition) is 8. The lowest BCUT2D eigenvalue weighted by Crippen LogP contribution is -2.53. The van der Waals surface area contributed by atoms with Gasteiger partial charge in [-0.15, -0.1) is 5.10 Å². The van der Waals surface area contributed by atoms with Gasteiger partial charge in [0, 0.05) is 48.7 Å². The summed E-state index contributed by atoms with van der Waals surface area (Å²) in [6.07, 6.45) is 5.91. The molecule has 4 rings (SSSR count). The van der Waals surface area contributed by atoms with E-state index in [0.29, 0.717) is 29.3 Å². The van der Waals surface area contributed by atoms with E-state index in [1.807, 2.05) is 24.3 Å². The fraction of sp³-hybridized carbons (Fsp3) is 0.565. The molecule has 1 saturated carbocycles. The van der Waals surface area contributed by atoms with Gasteiger partial charge in [0.25, 0.3) is 0 Å². The molecule has 1 aliphatic carbocycles. The number of rotatable bonds is 7. The first kappa shape index (κ1) is 23.0. The second-order valence-corrected chi connectivity index (χ2v) is 9.33. The van der Waals surface area contributed by atoms with E-state index in [9.17, 15) is 4.79 Å². The minimum atomic E-state index is 0.204. The average molecular weight is 458 g/mol. The van der Waals surface area contributed by atoms with Gasteiger partial charge in [0.2, 0.25) is 5.95 Å². The molecular weight excluding hydrogens is 426 g/mol. The molecular formula is C23H32ClN7O. The number of anilines is 1. The summed E-state index contributed by atoms with van der Waals surface area (Å²) in [6.45, 7) is 3.58. The normalized spacial score (nSPS) is 22.3. The highest BCUT2D eigenvalue weighted by molar-refractivity contribution is 6.30. The van der Waals surface area contributed by atoms with E-state index in [2.05, 4.69) is 49.5 Å². The Hall–Kier alpha value is -2.13. The highest BCUT2D eigenvalue weighted by Gasteiger charge is 2.27. The highest BCUT2D eigenvalue weighted by Crippen LogP contribution is 2.27. The topological polar surface area (TPSA) is 77.5 Å². The monoisotopic (exact) mass is 457 g/mol. The van der Waals surface area contributed by atoms with Crippen LogP contribution >= 0.6 is 11.6 Å². The molecule has 0 atom stereocenters. The Balaban J connectivity index is 1.24. The molecule has 0 radical (unpaired) electrons. The van der Waals surface area contributed by atoms with E-state index in [1.54, 1.807) is 6.20 Å². The number of benzene rings is 1. The number of hydrogen-bond donors (Lipinski definition) is 1. The molecule has 1 aromatic carbocycles. The van der Waals surface area contributed by atoms with E-state index >= 15 is 0 Å². The first-order valence-corrected chi connectivity index (χ1v) is 11.8. The molecule has 0 amide bonds. The Morgan fingerprint density at radius 1 is 1.09 bits per heavy atom. The van der Waals surface area contributed by atoms with Crippen molar-refractivity contribution in [3.63, 3.8) is 0 Å². The van der Waals surface area contributed by atoms with E-state index in [-0.39, 0.29) is 5.92 Å². The van der Waals surface area contributed by atoms with Crippen LogP contribution in [0.2, 0.25) is 5.02 Å². The van der Waals surface area contributed by atoms with Crippen LogP contribution in [-0.2, 0) is 4.79 Å². The lowest BCUT2D eigenvalue weighted by molar-refractivity contribution is -0.124. The number of carbonyl (C=O) groups excluding carboxylic acids is 1. The highest BCUT2D eigenvalue weighted by atomic mass is 35.5. The molecule has 0 spiro atoms. The molecule has 172 valence electrons. The maximum absolute atomic E-state index is 12.6. The van der Waals surface area contributed by atoms with Crippen molar-refractivity contribution < 1.29 is 4.79 Å². The molecule has 1 saturated heterocycles. The summed E-state index contributed by atoms with van der Waals surface area (Å²) in [6, 6.07) is 8.18. The number of hydrazine groups is 1. The summed E-state index contributed by atoms with van der Waals surface area (Å²) in [7, 11) is 4.26. The average Bonchev–Trinajstić information content (AvgIpc) is 2.83. The molecule has 1 aromatic heterocycles. The van der Waals surface area contributed by atoms with Crippen LogP contribution in [0.3, 0.4) is 0 Å². The number of aromatic nitrogens is 3. The summed E-state index contributed by atoms with van der Waals surface area (Å²) >= 11 is 5.98. The lowest BCUT2D eigenvalue weighted by atomic mass is 9.83. The molecule has 1 N–H and O–H groups in total. The fourth-order valence-corrected chi connectivity index (χ4v) is 4.63. The number of halogens is 1. The molecule has 9 heteroatoms. The first-order chi connectivity index (χ1) is 15.5. The van der Waals surface area contributed by atoms with Crippen LogP contribution in [0.5, 0.6) is 0 Å². The fourth-order valence-electron chi connectivity index (χ4n) is 4.50. The summed E-state index contributed by atoms with van der Waals surface area (Å²) in [5, 5.41) is 11.2. The van der Waals surface area contributed by atoms with Gasteiger partial charge in [-0.25, -0.2) is 15.4 Å². The van der Waals surface area contributed by atoms with Crippen molar-refractivity contribution in [2.45, 2.75) is 31.7 Å². The van der Waals surface area contributed by atoms with Crippen LogP contribution in [0.25, 0.3) is 11.3 Å². The molecule has 2 aliphatic rings. The maximum Gasteiger partial charge on any atom is 0.245 e. The summed E-state index contributed by atoms with van der Waals surface area (Å²) in [5.74, 6) is 1.17. The zero-order valence-electron chi connectivity index (χ0n) is 18.9. The van der Waals surface area contributed by atoms with Gasteiger partial charge in [-0.2, -0.15) is 5.10 Å². The van der Waals surface area contributed by atoms with Crippen molar-refractivity contribution in [1.29, 1.82) is 0 Å². The zero-order chi connectivity index (χ0) is 22.5. The quantitative estimate of drug-likeness (QED) is 0.679. The van der Waals surface area contributed by atoms with Crippen molar-refractivity contribution in [3.8, 4) is 11.3 Å². The third-order valence-corrected chi connectivity index (χ3v) is 6.86. The molecule has 32 heavy (non-hydrogen) atoms. The number of nitrogens with one attached hydrogen (secondary N) is 1. The van der Waals surface area contributed by atoms with Gasteiger partial charge in [-0.05, 0) is 51.9 Å². The predicted octanol–water partition coefficient (Wildman–Crippen LogP) is 2.51. The Morgan fingerprint density at radius 3 is 2.44 bits per heavy atom. The molecule has 2 fully saturated rings. The molecule has 1 aliphatic heterocycles. The summed E-state index contributed by atoms with van der Waals surface area (Å²) in [4.78, 5) is 21.7. The SMILES string of the molecule is CN(C)C1CCC(C(=O)CNN2CCN(c3nncc(-c4ccc(Cl)cc4)n3)CC2)CC1. The minimum absolute atomic E-state index is 0.204. The van der Waals surface area contributed by atoms with Crippen molar-refractivity contribution in [1.82, 2.24) is 30.5 Å². The van der Waals surface area contributed by atoms with Crippen molar-refractivity contribution in [3.05, 3.63) is 35.5 Å². The third kappa shape index (κ3) is 5.81. The van der Waals surface area contributed by atoms with Gasteiger partial charge < -0.3 is 9.80 Å². The minimum Gasteiger partial charge on any atom is -0.337 e. The predicted molar refractivity (Wildman–Crippen MR) is 127 cm³/mol. The van der Waals surface area contributed by atoms with Gasteiger partial charge in [-0.1, -0.05) is 23.7 Å². The van der Waals surface area contributed by atoms with Crippen LogP contribution in [-0.4, -0.2) is 83.7 Å². The van der Waals surface area contributed by atoms with Crippen molar-refractivity contribution in [2.24, 2.45) is 5.92 Å². The van der Waals surface area contributed by atoms with Crippen LogP contribution in [0.4, 0.5) is 5.95 Å². The van der Waals surface area contributed by atoms with E-state index in [1.165, 1.54) is 0 Å². The van der Waals surface area contributed by atoms with Gasteiger partial charge >= 0.3 is 0 Å². The summed E-state index contributed by atoms with van der Waals surface area (Å²) in [5.41, 5.74) is 5.09. The van der Waals surface area contributed by atoms with Gasteiger partial charge in [0.15, 0.2) is 5.78 Å². The Bertz CT molecular complexity index is 891. The molecule has 8 nitrogen and oxygen atoms in total. The molecule has 0 bridgehead atoms. The lowest BCUT2D eigenvalue weighted by Gasteiger charge is -2.35. The van der Waals surface area contributed by atoms with Gasteiger partial charge in [0.1, 0.15) is 0 Å². The van der Waals surface area contributed by atoms with Crippen LogP contribution in [0.15, 0.2) is 30.5 Å². The largest absolute Gasteiger partial charge is 0.337 e. The molecule has 0 unspecified atom stereocenters. The Labute approximate surface area is 194 Å². The zero-order valence-corrected chi connectivity index (χ0v) is 19.6. The van der Waals surface area contributed by atoms with E-state index in [0.717, 1.165) is 63.1 Å². The summed E-state index contributed by atoms with van der Waals surface area (Å²) < 4.78 is 0. The van der Waals surface area contributed by atoms with Crippen LogP contribution in [0, 0.1) is 5.92 Å². The number of piperazine rings is 1.